The molecule has 0 bridgehead atoms. The molecule has 2 aromatic carbocycles. The molecule has 2 aromatic rings. The topological polar surface area (TPSA) is 23.8 Å². The number of hydrogen-bond acceptors (Lipinski definition) is 1. The van der Waals surface area contributed by atoms with Gasteiger partial charge in [0.25, 0.3) is 0 Å². The number of rotatable bonds is 1. The molecule has 0 amide bonds. The highest BCUT2D eigenvalue weighted by molar-refractivity contribution is 6.30. The van der Waals surface area contributed by atoms with Crippen LogP contribution in [0.4, 0.5) is 4.39 Å². The second kappa shape index (κ2) is 4.57. The van der Waals surface area contributed by atoms with Crippen LogP contribution in [0.3, 0.4) is 0 Å². The zero-order valence-electron chi connectivity index (χ0n) is 9.17. The Morgan fingerprint density at radius 1 is 1.18 bits per heavy atom. The van der Waals surface area contributed by atoms with Gasteiger partial charge in [0.15, 0.2) is 0 Å². The summed E-state index contributed by atoms with van der Waals surface area (Å²) in [6, 6.07) is 11.7. The van der Waals surface area contributed by atoms with Gasteiger partial charge in [-0.25, -0.2) is 4.39 Å². The second-order valence-corrected chi connectivity index (χ2v) is 4.24. The van der Waals surface area contributed by atoms with Gasteiger partial charge in [0.05, 0.1) is 11.6 Å². The lowest BCUT2D eigenvalue weighted by molar-refractivity contribution is 0.628. The van der Waals surface area contributed by atoms with Crippen molar-refractivity contribution in [2.45, 2.75) is 6.92 Å². The molecule has 84 valence electrons. The van der Waals surface area contributed by atoms with Gasteiger partial charge in [0, 0.05) is 5.02 Å². The van der Waals surface area contributed by atoms with E-state index in [1.807, 2.05) is 13.0 Å². The van der Waals surface area contributed by atoms with E-state index in [1.165, 1.54) is 12.1 Å². The molecule has 0 aliphatic carbocycles. The molecule has 0 fully saturated rings. The van der Waals surface area contributed by atoms with Gasteiger partial charge in [-0.1, -0.05) is 17.7 Å². The number of nitrogens with zero attached hydrogens (tertiary/aromatic N) is 1. The molecule has 0 aliphatic rings. The molecular weight excluding hydrogens is 237 g/mol. The molecule has 0 saturated carbocycles. The summed E-state index contributed by atoms with van der Waals surface area (Å²) in [6.45, 7) is 1.91. The Labute approximate surface area is 104 Å². The summed E-state index contributed by atoms with van der Waals surface area (Å²) >= 11 is 5.82. The number of nitriles is 1. The van der Waals surface area contributed by atoms with E-state index in [-0.39, 0.29) is 5.82 Å². The van der Waals surface area contributed by atoms with Crippen LogP contribution in [0.15, 0.2) is 36.4 Å². The summed E-state index contributed by atoms with van der Waals surface area (Å²) in [5.74, 6) is -0.380. The van der Waals surface area contributed by atoms with Crippen molar-refractivity contribution in [2.24, 2.45) is 0 Å². The van der Waals surface area contributed by atoms with E-state index in [4.69, 9.17) is 16.9 Å². The van der Waals surface area contributed by atoms with Gasteiger partial charge in [0.1, 0.15) is 5.82 Å². The van der Waals surface area contributed by atoms with Gasteiger partial charge < -0.3 is 0 Å². The molecule has 0 atom stereocenters. The highest BCUT2D eigenvalue weighted by atomic mass is 35.5. The fourth-order valence-corrected chi connectivity index (χ4v) is 1.93. The Morgan fingerprint density at radius 2 is 1.94 bits per heavy atom. The summed E-state index contributed by atoms with van der Waals surface area (Å²) in [6.07, 6.45) is 0. The largest absolute Gasteiger partial charge is 0.207 e. The van der Waals surface area contributed by atoms with E-state index < -0.39 is 0 Å². The lowest BCUT2D eigenvalue weighted by Gasteiger charge is -2.07. The van der Waals surface area contributed by atoms with Crippen LogP contribution in [0, 0.1) is 24.1 Å². The molecule has 0 unspecified atom stereocenters. The highest BCUT2D eigenvalue weighted by Gasteiger charge is 2.06. The number of aryl methyl sites for hydroxylation is 1. The van der Waals surface area contributed by atoms with Crippen molar-refractivity contribution in [3.63, 3.8) is 0 Å². The van der Waals surface area contributed by atoms with Gasteiger partial charge in [-0.05, 0) is 53.9 Å². The Hall–Kier alpha value is -1.85. The first-order valence-corrected chi connectivity index (χ1v) is 5.45. The Bertz CT molecular complexity index is 594. The molecule has 0 radical (unpaired) electrons. The lowest BCUT2D eigenvalue weighted by atomic mass is 9.98. The van der Waals surface area contributed by atoms with Crippen molar-refractivity contribution in [3.05, 3.63) is 58.4 Å². The smallest absolute Gasteiger partial charge is 0.125 e. The SMILES string of the molecule is Cc1ccc(C#N)cc1-c1cc(F)cc(Cl)c1. The van der Waals surface area contributed by atoms with Crippen LogP contribution in [0.5, 0.6) is 0 Å². The number of benzene rings is 2. The van der Waals surface area contributed by atoms with Crippen molar-refractivity contribution in [3.8, 4) is 17.2 Å². The van der Waals surface area contributed by atoms with Gasteiger partial charge in [-0.3, -0.25) is 0 Å². The lowest BCUT2D eigenvalue weighted by Crippen LogP contribution is -1.87. The standard InChI is InChI=1S/C14H9ClFN/c1-9-2-3-10(8-17)4-14(9)11-5-12(15)7-13(16)6-11/h2-7H,1H3. The van der Waals surface area contributed by atoms with Crippen molar-refractivity contribution in [2.75, 3.05) is 0 Å². The monoisotopic (exact) mass is 245 g/mol. The van der Waals surface area contributed by atoms with Crippen molar-refractivity contribution >= 4 is 11.6 Å². The second-order valence-electron chi connectivity index (χ2n) is 3.80. The minimum Gasteiger partial charge on any atom is -0.207 e. The Morgan fingerprint density at radius 3 is 2.59 bits per heavy atom. The molecule has 0 heterocycles. The van der Waals surface area contributed by atoms with E-state index >= 15 is 0 Å². The highest BCUT2D eigenvalue weighted by Crippen LogP contribution is 2.27. The van der Waals surface area contributed by atoms with Gasteiger partial charge >= 0.3 is 0 Å². The van der Waals surface area contributed by atoms with Crippen LogP contribution >= 0.6 is 11.6 Å². The van der Waals surface area contributed by atoms with Crippen molar-refractivity contribution in [1.82, 2.24) is 0 Å². The average molecular weight is 246 g/mol. The maximum Gasteiger partial charge on any atom is 0.125 e. The third-order valence-corrected chi connectivity index (χ3v) is 2.76. The zero-order valence-corrected chi connectivity index (χ0v) is 9.92. The predicted molar refractivity (Wildman–Crippen MR) is 66.3 cm³/mol. The Balaban J connectivity index is 2.63. The van der Waals surface area contributed by atoms with Crippen LogP contribution in [0.2, 0.25) is 5.02 Å². The minimum atomic E-state index is -0.380. The van der Waals surface area contributed by atoms with Crippen molar-refractivity contribution < 1.29 is 4.39 Å². The molecule has 0 spiro atoms. The van der Waals surface area contributed by atoms with Gasteiger partial charge in [-0.15, -0.1) is 0 Å². The fourth-order valence-electron chi connectivity index (χ4n) is 1.71. The summed E-state index contributed by atoms with van der Waals surface area (Å²) in [4.78, 5) is 0. The van der Waals surface area contributed by atoms with E-state index in [1.54, 1.807) is 18.2 Å². The first kappa shape index (κ1) is 11.6. The maximum atomic E-state index is 13.3. The quantitative estimate of drug-likeness (QED) is 0.734. The summed E-state index contributed by atoms with van der Waals surface area (Å²) in [7, 11) is 0. The number of hydrogen-bond donors (Lipinski definition) is 0. The average Bonchev–Trinajstić information content (AvgIpc) is 2.28. The van der Waals surface area contributed by atoms with E-state index in [9.17, 15) is 4.39 Å². The normalized spacial score (nSPS) is 10.0. The van der Waals surface area contributed by atoms with Gasteiger partial charge in [0.2, 0.25) is 0 Å². The van der Waals surface area contributed by atoms with Gasteiger partial charge in [-0.2, -0.15) is 5.26 Å². The van der Waals surface area contributed by atoms with E-state index in [0.717, 1.165) is 11.1 Å². The molecule has 1 nitrogen and oxygen atoms in total. The summed E-state index contributed by atoms with van der Waals surface area (Å²) < 4.78 is 13.3. The first-order valence-electron chi connectivity index (χ1n) is 5.07. The van der Waals surface area contributed by atoms with E-state index in [0.29, 0.717) is 16.1 Å². The fraction of sp³-hybridized carbons (Fsp3) is 0.0714. The number of halogens is 2. The van der Waals surface area contributed by atoms with Crippen LogP contribution in [0.1, 0.15) is 11.1 Å². The Kier molecular flexibility index (Phi) is 3.12. The van der Waals surface area contributed by atoms with Crippen LogP contribution in [-0.4, -0.2) is 0 Å². The molecule has 0 aliphatic heterocycles. The summed E-state index contributed by atoms with van der Waals surface area (Å²) in [5.41, 5.74) is 3.03. The molecule has 0 aromatic heterocycles. The third-order valence-electron chi connectivity index (χ3n) is 2.54. The molecule has 17 heavy (non-hydrogen) atoms. The third kappa shape index (κ3) is 2.46. The first-order chi connectivity index (χ1) is 8.10. The molecule has 3 heteroatoms. The molecule has 0 N–H and O–H groups in total. The van der Waals surface area contributed by atoms with E-state index in [2.05, 4.69) is 6.07 Å². The van der Waals surface area contributed by atoms with Crippen LogP contribution < -0.4 is 0 Å². The minimum absolute atomic E-state index is 0.349. The van der Waals surface area contributed by atoms with Crippen LogP contribution in [0.25, 0.3) is 11.1 Å². The zero-order chi connectivity index (χ0) is 12.4. The van der Waals surface area contributed by atoms with Crippen molar-refractivity contribution in [1.29, 1.82) is 5.26 Å². The maximum absolute atomic E-state index is 13.3. The molecule has 2 rings (SSSR count). The predicted octanol–water partition coefficient (Wildman–Crippen LogP) is 4.33. The van der Waals surface area contributed by atoms with Crippen LogP contribution in [-0.2, 0) is 0 Å². The molecule has 0 saturated heterocycles. The summed E-state index contributed by atoms with van der Waals surface area (Å²) in [5, 5.41) is 9.21. The molecular formula is C14H9ClFN.